The summed E-state index contributed by atoms with van der Waals surface area (Å²) in [7, 11) is 1.66. The lowest BCUT2D eigenvalue weighted by atomic mass is 9.76. The molecule has 1 aliphatic heterocycles. The van der Waals surface area contributed by atoms with Crippen LogP contribution in [0.2, 0.25) is 0 Å². The summed E-state index contributed by atoms with van der Waals surface area (Å²) < 4.78 is 5.27. The molecular weight excluding hydrogens is 254 g/mol. The van der Waals surface area contributed by atoms with E-state index in [0.717, 1.165) is 30.6 Å². The molecule has 20 heavy (non-hydrogen) atoms. The number of benzene rings is 1. The van der Waals surface area contributed by atoms with E-state index in [-0.39, 0.29) is 5.91 Å². The van der Waals surface area contributed by atoms with Crippen molar-refractivity contribution in [3.8, 4) is 5.75 Å². The molecule has 1 atom stereocenters. The minimum atomic E-state index is -0.659. The Morgan fingerprint density at radius 2 is 2.30 bits per heavy atom. The molecule has 2 aliphatic rings. The van der Waals surface area contributed by atoms with Crippen molar-refractivity contribution < 1.29 is 9.53 Å². The topological polar surface area (TPSA) is 62.7 Å². The first-order chi connectivity index (χ1) is 9.69. The van der Waals surface area contributed by atoms with Crippen LogP contribution in [0.1, 0.15) is 30.9 Å². The number of guanidine groups is 1. The van der Waals surface area contributed by atoms with Gasteiger partial charge in [0.25, 0.3) is 5.91 Å². The summed E-state index contributed by atoms with van der Waals surface area (Å²) in [6, 6.07) is 5.94. The Hall–Kier alpha value is -2.04. The summed E-state index contributed by atoms with van der Waals surface area (Å²) in [4.78, 5) is 16.7. The lowest BCUT2D eigenvalue weighted by Gasteiger charge is -2.33. The van der Waals surface area contributed by atoms with Crippen LogP contribution < -0.4 is 15.4 Å². The number of hydrogen-bond acceptors (Lipinski definition) is 3. The van der Waals surface area contributed by atoms with Crippen molar-refractivity contribution in [1.82, 2.24) is 10.6 Å². The predicted molar refractivity (Wildman–Crippen MR) is 76.9 cm³/mol. The van der Waals surface area contributed by atoms with Crippen molar-refractivity contribution >= 4 is 11.9 Å². The lowest BCUT2D eigenvalue weighted by Crippen LogP contribution is -2.46. The molecule has 106 valence electrons. The van der Waals surface area contributed by atoms with E-state index in [9.17, 15) is 4.79 Å². The number of carbonyl (C=O) groups excluding carboxylic acids is 1. The zero-order valence-electron chi connectivity index (χ0n) is 11.8. The first-order valence-electron chi connectivity index (χ1n) is 7.01. The van der Waals surface area contributed by atoms with Crippen LogP contribution in [-0.2, 0) is 16.8 Å². The molecule has 1 heterocycles. The molecule has 1 fully saturated rings. The Morgan fingerprint density at radius 1 is 1.45 bits per heavy atom. The smallest absolute Gasteiger partial charge is 0.257 e. The summed E-state index contributed by atoms with van der Waals surface area (Å²) in [5, 5.41) is 6.15. The normalized spacial score (nSPS) is 26.3. The van der Waals surface area contributed by atoms with Gasteiger partial charge in [0.1, 0.15) is 11.3 Å². The number of hydrogen-bond donors (Lipinski definition) is 2. The van der Waals surface area contributed by atoms with Crippen molar-refractivity contribution in [2.45, 2.75) is 31.7 Å². The zero-order chi connectivity index (χ0) is 14.2. The van der Waals surface area contributed by atoms with Gasteiger partial charge in [-0.05, 0) is 49.4 Å². The Morgan fingerprint density at radius 3 is 3.05 bits per heavy atom. The summed E-state index contributed by atoms with van der Waals surface area (Å²) in [5.41, 5.74) is 1.56. The van der Waals surface area contributed by atoms with E-state index in [1.807, 2.05) is 25.1 Å². The molecule has 1 aliphatic carbocycles. The first-order valence-corrected chi connectivity index (χ1v) is 7.01. The van der Waals surface area contributed by atoms with Crippen LogP contribution in [0, 0.1) is 0 Å². The second-order valence-electron chi connectivity index (χ2n) is 5.18. The third kappa shape index (κ3) is 1.85. The number of aryl methyl sites for hydroxylation is 1. The predicted octanol–water partition coefficient (Wildman–Crippen LogP) is 1.32. The Bertz CT molecular complexity index is 582. The molecule has 0 bridgehead atoms. The molecule has 0 radical (unpaired) electrons. The fourth-order valence-corrected chi connectivity index (χ4v) is 3.11. The van der Waals surface area contributed by atoms with Gasteiger partial charge in [-0.1, -0.05) is 6.07 Å². The molecule has 1 amide bonds. The third-order valence-electron chi connectivity index (χ3n) is 4.04. The number of carbonyl (C=O) groups is 1. The minimum absolute atomic E-state index is 0.00387. The molecule has 1 saturated heterocycles. The number of ether oxygens (including phenoxy) is 1. The Balaban J connectivity index is 2.05. The van der Waals surface area contributed by atoms with Gasteiger partial charge in [-0.25, -0.2) is 0 Å². The van der Waals surface area contributed by atoms with Gasteiger partial charge in [-0.2, -0.15) is 0 Å². The number of amides is 1. The van der Waals surface area contributed by atoms with E-state index >= 15 is 0 Å². The van der Waals surface area contributed by atoms with Crippen LogP contribution in [0.4, 0.5) is 0 Å². The van der Waals surface area contributed by atoms with Gasteiger partial charge in [0, 0.05) is 6.54 Å². The number of aliphatic imine (C=N–C) groups is 1. The summed E-state index contributed by atoms with van der Waals surface area (Å²) in [5.74, 6) is 1.42. The van der Waals surface area contributed by atoms with Crippen LogP contribution in [0.3, 0.4) is 0 Å². The average Bonchev–Trinajstić information content (AvgIpc) is 2.76. The first kappa shape index (κ1) is 13.0. The maximum atomic E-state index is 12.5. The third-order valence-corrected chi connectivity index (χ3v) is 4.04. The molecule has 3 rings (SSSR count). The van der Waals surface area contributed by atoms with Crippen molar-refractivity contribution in [2.75, 3.05) is 13.7 Å². The van der Waals surface area contributed by atoms with Gasteiger partial charge in [-0.3, -0.25) is 15.1 Å². The number of fused-ring (bicyclic) bond motifs is 2. The van der Waals surface area contributed by atoms with Crippen molar-refractivity contribution in [3.63, 3.8) is 0 Å². The van der Waals surface area contributed by atoms with Crippen molar-refractivity contribution in [2.24, 2.45) is 4.99 Å². The van der Waals surface area contributed by atoms with E-state index in [0.29, 0.717) is 12.5 Å². The molecule has 1 aromatic carbocycles. The average molecular weight is 273 g/mol. The standard InChI is InChI=1S/C15H19N3O2/c1-3-16-14-17-13(19)15(18-14)8-4-5-10-9-11(20-2)6-7-12(10)15/h6-7,9H,3-5,8H2,1-2H3,(H2,16,17,18,19). The molecule has 1 unspecified atom stereocenters. The van der Waals surface area contributed by atoms with E-state index in [2.05, 4.69) is 15.6 Å². The van der Waals surface area contributed by atoms with Gasteiger partial charge in [0.2, 0.25) is 0 Å². The molecule has 1 spiro atoms. The maximum absolute atomic E-state index is 12.5. The highest BCUT2D eigenvalue weighted by molar-refractivity contribution is 6.09. The molecule has 5 heteroatoms. The molecular formula is C15H19N3O2. The number of methoxy groups -OCH3 is 1. The zero-order valence-corrected chi connectivity index (χ0v) is 11.8. The SMILES string of the molecule is CCN=C1NC(=O)C2(CCCc3cc(OC)ccc32)N1. The Labute approximate surface area is 118 Å². The van der Waals surface area contributed by atoms with E-state index in [1.54, 1.807) is 7.11 Å². The van der Waals surface area contributed by atoms with Gasteiger partial charge < -0.3 is 10.1 Å². The maximum Gasteiger partial charge on any atom is 0.257 e. The van der Waals surface area contributed by atoms with Crippen molar-refractivity contribution in [1.29, 1.82) is 0 Å². The molecule has 1 aromatic rings. The van der Waals surface area contributed by atoms with E-state index < -0.39 is 5.54 Å². The van der Waals surface area contributed by atoms with E-state index in [1.165, 1.54) is 5.56 Å². The Kier molecular flexibility index (Phi) is 3.12. The second-order valence-corrected chi connectivity index (χ2v) is 5.18. The highest BCUT2D eigenvalue weighted by Crippen LogP contribution is 2.38. The largest absolute Gasteiger partial charge is 0.497 e. The fourth-order valence-electron chi connectivity index (χ4n) is 3.11. The van der Waals surface area contributed by atoms with Crippen LogP contribution >= 0.6 is 0 Å². The van der Waals surface area contributed by atoms with Crippen LogP contribution in [0.15, 0.2) is 23.2 Å². The summed E-state index contributed by atoms with van der Waals surface area (Å²) in [6.07, 6.45) is 2.74. The molecule has 0 aromatic heterocycles. The highest BCUT2D eigenvalue weighted by atomic mass is 16.5. The van der Waals surface area contributed by atoms with E-state index in [4.69, 9.17) is 4.74 Å². The van der Waals surface area contributed by atoms with Gasteiger partial charge in [-0.15, -0.1) is 0 Å². The highest BCUT2D eigenvalue weighted by Gasteiger charge is 2.48. The quantitative estimate of drug-likeness (QED) is 0.854. The number of nitrogens with zero attached hydrogens (tertiary/aromatic N) is 1. The summed E-state index contributed by atoms with van der Waals surface area (Å²) in [6.45, 7) is 2.60. The molecule has 2 N–H and O–H groups in total. The lowest BCUT2D eigenvalue weighted by molar-refractivity contribution is -0.124. The van der Waals surface area contributed by atoms with Crippen LogP contribution in [0.5, 0.6) is 5.75 Å². The minimum Gasteiger partial charge on any atom is -0.497 e. The fraction of sp³-hybridized carbons (Fsp3) is 0.467. The van der Waals surface area contributed by atoms with Gasteiger partial charge >= 0.3 is 0 Å². The van der Waals surface area contributed by atoms with Gasteiger partial charge in [0.15, 0.2) is 5.96 Å². The second kappa shape index (κ2) is 4.81. The number of rotatable bonds is 2. The summed E-state index contributed by atoms with van der Waals surface area (Å²) >= 11 is 0. The molecule has 5 nitrogen and oxygen atoms in total. The molecule has 0 saturated carbocycles. The monoisotopic (exact) mass is 273 g/mol. The van der Waals surface area contributed by atoms with Gasteiger partial charge in [0.05, 0.1) is 7.11 Å². The van der Waals surface area contributed by atoms with Crippen molar-refractivity contribution in [3.05, 3.63) is 29.3 Å². The van der Waals surface area contributed by atoms with Crippen LogP contribution in [-0.4, -0.2) is 25.5 Å². The number of nitrogens with one attached hydrogen (secondary N) is 2. The van der Waals surface area contributed by atoms with Crippen LogP contribution in [0.25, 0.3) is 0 Å².